The number of anilines is 2. The molecule has 300 valence electrons. The van der Waals surface area contributed by atoms with Gasteiger partial charge in [0.1, 0.15) is 11.6 Å². The highest BCUT2D eigenvalue weighted by molar-refractivity contribution is 5.96. The number of methoxy groups -OCH3 is 2. The first-order valence-electron chi connectivity index (χ1n) is 20.5. The Kier molecular flexibility index (Phi) is 15.4. The number of nitrogen functional groups attached to an aromatic ring is 2. The fourth-order valence-electron chi connectivity index (χ4n) is 9.30. The molecule has 2 saturated carbocycles. The van der Waals surface area contributed by atoms with E-state index in [4.69, 9.17) is 20.9 Å². The number of nitrogens with zero attached hydrogens (tertiary/aromatic N) is 4. The largest absolute Gasteiger partial charge is 0.481 e. The molecule has 4 aromatic rings. The number of hydrogen-bond acceptors (Lipinski definition) is 10. The van der Waals surface area contributed by atoms with Gasteiger partial charge in [-0.2, -0.15) is 0 Å². The molecule has 0 amide bonds. The third-order valence-electron chi connectivity index (χ3n) is 12.7. The van der Waals surface area contributed by atoms with E-state index < -0.39 is 0 Å². The van der Waals surface area contributed by atoms with Crippen molar-refractivity contribution in [1.29, 1.82) is 0 Å². The zero-order valence-corrected chi connectivity index (χ0v) is 34.3. The summed E-state index contributed by atoms with van der Waals surface area (Å²) in [6, 6.07) is 11.2. The second-order valence-electron chi connectivity index (χ2n) is 15.8. The van der Waals surface area contributed by atoms with E-state index in [9.17, 15) is 9.59 Å². The second-order valence-corrected chi connectivity index (χ2v) is 15.8. The van der Waals surface area contributed by atoms with E-state index in [1.165, 1.54) is 36.8 Å². The molecule has 2 fully saturated rings. The van der Waals surface area contributed by atoms with E-state index in [-0.39, 0.29) is 11.6 Å². The molecule has 4 aromatic heterocycles. The lowest BCUT2D eigenvalue weighted by atomic mass is 9.71. The maximum absolute atomic E-state index is 12.7. The molecule has 0 aromatic carbocycles. The van der Waals surface area contributed by atoms with E-state index in [1.807, 2.05) is 12.4 Å². The molecule has 0 unspecified atom stereocenters. The van der Waals surface area contributed by atoms with Gasteiger partial charge in [-0.1, -0.05) is 26.7 Å². The number of Topliss-reactive ketones (excluding diaryl/α,β-unsaturated/α-hetero) is 2. The molecule has 4 N–H and O–H groups in total. The minimum atomic E-state index is 0.177. The summed E-state index contributed by atoms with van der Waals surface area (Å²) in [7, 11) is 3.35. The molecule has 2 aliphatic carbocycles. The van der Waals surface area contributed by atoms with E-state index >= 15 is 0 Å². The maximum Gasteiger partial charge on any atom is 0.216 e. The van der Waals surface area contributed by atoms with Gasteiger partial charge < -0.3 is 20.9 Å². The van der Waals surface area contributed by atoms with Crippen LogP contribution in [0.15, 0.2) is 61.2 Å². The molecule has 0 radical (unpaired) electrons. The number of ether oxygens (including phenoxy) is 2. The number of aromatic nitrogens is 4. The average molecular weight is 763 g/mol. The molecule has 2 aliphatic rings. The summed E-state index contributed by atoms with van der Waals surface area (Å²) in [5.41, 5.74) is 17.6. The Hall–Kier alpha value is -4.86. The summed E-state index contributed by atoms with van der Waals surface area (Å²) < 4.78 is 10.8. The Balaban J connectivity index is 0.000000214. The van der Waals surface area contributed by atoms with Crippen molar-refractivity contribution in [3.63, 3.8) is 0 Å². The summed E-state index contributed by atoms with van der Waals surface area (Å²) in [5.74, 6) is 5.90. The Morgan fingerprint density at radius 3 is 1.29 bits per heavy atom. The van der Waals surface area contributed by atoms with Gasteiger partial charge >= 0.3 is 0 Å². The SMILES string of the molecule is CC[C@@H](CC(=O)c1ccc(N)nc1)C1CCC(c2ccnc(OC)c2C)CC1.CC[C@H](CC(=O)c1ccc(N)nc1)C1CCC(c2ccnc(OC)c2C)CC1. The number of ketones is 2. The van der Waals surface area contributed by atoms with Crippen molar-refractivity contribution in [2.24, 2.45) is 23.7 Å². The highest BCUT2D eigenvalue weighted by atomic mass is 16.5. The van der Waals surface area contributed by atoms with Crippen LogP contribution in [0.4, 0.5) is 11.6 Å². The van der Waals surface area contributed by atoms with E-state index in [2.05, 4.69) is 59.8 Å². The van der Waals surface area contributed by atoms with Gasteiger partial charge in [0.15, 0.2) is 11.6 Å². The van der Waals surface area contributed by atoms with Crippen molar-refractivity contribution >= 4 is 23.2 Å². The first-order valence-corrected chi connectivity index (χ1v) is 20.5. The van der Waals surface area contributed by atoms with Crippen molar-refractivity contribution in [2.75, 3.05) is 25.7 Å². The molecule has 0 bridgehead atoms. The van der Waals surface area contributed by atoms with Crippen molar-refractivity contribution in [2.45, 2.75) is 117 Å². The van der Waals surface area contributed by atoms with Crippen molar-refractivity contribution in [1.82, 2.24) is 19.9 Å². The van der Waals surface area contributed by atoms with Crippen LogP contribution in [0.25, 0.3) is 0 Å². The van der Waals surface area contributed by atoms with Crippen LogP contribution in [0.1, 0.15) is 146 Å². The normalized spacial score (nSPS) is 20.5. The lowest BCUT2D eigenvalue weighted by Gasteiger charge is -2.34. The van der Waals surface area contributed by atoms with Crippen molar-refractivity contribution in [3.8, 4) is 11.8 Å². The number of carbonyl (C=O) groups excluding carboxylic acids is 2. The minimum Gasteiger partial charge on any atom is -0.481 e. The van der Waals surface area contributed by atoms with Crippen LogP contribution in [0.3, 0.4) is 0 Å². The molecule has 2 atom stereocenters. The maximum atomic E-state index is 12.7. The fourth-order valence-corrected chi connectivity index (χ4v) is 9.30. The van der Waals surface area contributed by atoms with E-state index in [0.29, 0.717) is 71.1 Å². The number of rotatable bonds is 14. The van der Waals surface area contributed by atoms with Gasteiger partial charge in [0.05, 0.1) is 14.2 Å². The van der Waals surface area contributed by atoms with Gasteiger partial charge in [-0.05, 0) is 148 Å². The highest BCUT2D eigenvalue weighted by Gasteiger charge is 2.31. The summed E-state index contributed by atoms with van der Waals surface area (Å²) in [6.07, 6.45) is 19.5. The van der Waals surface area contributed by atoms with Gasteiger partial charge in [0.2, 0.25) is 11.8 Å². The van der Waals surface area contributed by atoms with Crippen LogP contribution < -0.4 is 20.9 Å². The van der Waals surface area contributed by atoms with E-state index in [0.717, 1.165) is 61.4 Å². The summed E-state index contributed by atoms with van der Waals surface area (Å²) in [6.45, 7) is 8.59. The number of hydrogen-bond donors (Lipinski definition) is 2. The standard InChI is InChI=1S/2C23H31N3O2/c2*1-4-16(13-21(27)19-9-10-22(24)26-14-19)17-5-7-18(8-6-17)20-11-12-25-23(28-3)15(20)2/h2*9-12,14,16-18H,4-8,13H2,1-3H3,(H2,24,26)/t2*16-,17?,18?/m10/s1. The van der Waals surface area contributed by atoms with Crippen molar-refractivity contribution < 1.29 is 19.1 Å². The van der Waals surface area contributed by atoms with Gasteiger partial charge in [0, 0.05) is 59.9 Å². The first-order chi connectivity index (χ1) is 27.1. The smallest absolute Gasteiger partial charge is 0.216 e. The molecule has 10 heteroatoms. The second kappa shape index (κ2) is 20.3. The third-order valence-corrected chi connectivity index (χ3v) is 12.7. The molecule has 6 rings (SSSR count). The molecule has 0 aliphatic heterocycles. The fraction of sp³-hybridized carbons (Fsp3) is 0.522. The zero-order chi connectivity index (χ0) is 40.2. The van der Waals surface area contributed by atoms with Gasteiger partial charge in [-0.3, -0.25) is 9.59 Å². The lowest BCUT2D eigenvalue weighted by Crippen LogP contribution is -2.23. The quantitative estimate of drug-likeness (QED) is 0.119. The molecule has 10 nitrogen and oxygen atoms in total. The van der Waals surface area contributed by atoms with Crippen LogP contribution >= 0.6 is 0 Å². The summed E-state index contributed by atoms with van der Waals surface area (Å²) in [4.78, 5) is 42.0. The van der Waals surface area contributed by atoms with Gasteiger partial charge in [-0.25, -0.2) is 19.9 Å². The predicted molar refractivity (Wildman–Crippen MR) is 223 cm³/mol. The Morgan fingerprint density at radius 2 is 0.982 bits per heavy atom. The summed E-state index contributed by atoms with van der Waals surface area (Å²) >= 11 is 0. The van der Waals surface area contributed by atoms with Crippen LogP contribution in [-0.2, 0) is 0 Å². The van der Waals surface area contributed by atoms with Crippen LogP contribution in [0.2, 0.25) is 0 Å². The molecule has 4 heterocycles. The molecular formula is C46H62N6O4. The Morgan fingerprint density at radius 1 is 0.607 bits per heavy atom. The number of carbonyl (C=O) groups is 2. The lowest BCUT2D eigenvalue weighted by molar-refractivity contribution is 0.0917. The predicted octanol–water partition coefficient (Wildman–Crippen LogP) is 9.90. The molecule has 0 saturated heterocycles. The Bertz CT molecular complexity index is 1730. The topological polar surface area (TPSA) is 156 Å². The zero-order valence-electron chi connectivity index (χ0n) is 34.3. The number of nitrogens with two attached hydrogens (primary N) is 2. The Labute approximate surface area is 333 Å². The van der Waals surface area contributed by atoms with Gasteiger partial charge in [0.25, 0.3) is 0 Å². The number of pyridine rings is 4. The monoisotopic (exact) mass is 762 g/mol. The minimum absolute atomic E-state index is 0.177. The van der Waals surface area contributed by atoms with Gasteiger partial charge in [-0.15, -0.1) is 0 Å². The van der Waals surface area contributed by atoms with Crippen LogP contribution in [0, 0.1) is 37.5 Å². The highest BCUT2D eigenvalue weighted by Crippen LogP contribution is 2.44. The first kappa shape index (κ1) is 42.3. The van der Waals surface area contributed by atoms with Crippen molar-refractivity contribution in [3.05, 3.63) is 94.6 Å². The third kappa shape index (κ3) is 10.7. The molecular weight excluding hydrogens is 701 g/mol. The molecule has 0 spiro atoms. The molecule has 56 heavy (non-hydrogen) atoms. The van der Waals surface area contributed by atoms with Crippen LogP contribution in [0.5, 0.6) is 11.8 Å². The van der Waals surface area contributed by atoms with E-state index in [1.54, 1.807) is 50.9 Å². The van der Waals surface area contributed by atoms with Crippen LogP contribution in [-0.4, -0.2) is 45.7 Å². The summed E-state index contributed by atoms with van der Waals surface area (Å²) in [5, 5.41) is 0. The average Bonchev–Trinajstić information content (AvgIpc) is 3.23.